The van der Waals surface area contributed by atoms with Gasteiger partial charge in [0.1, 0.15) is 0 Å². The van der Waals surface area contributed by atoms with E-state index in [9.17, 15) is 0 Å². The molecule has 88 valence electrons. The van der Waals surface area contributed by atoms with Crippen LogP contribution in [0.5, 0.6) is 0 Å². The molecule has 2 atom stereocenters. The molecule has 1 aliphatic heterocycles. The van der Waals surface area contributed by atoms with Crippen molar-refractivity contribution in [2.45, 2.75) is 70.5 Å². The first-order valence-corrected chi connectivity index (χ1v) is 7.72. The second-order valence-electron chi connectivity index (χ2n) is 6.27. The van der Waals surface area contributed by atoms with Crippen molar-refractivity contribution in [1.29, 1.82) is 0 Å². The van der Waals surface area contributed by atoms with E-state index in [1.807, 2.05) is 0 Å². The van der Waals surface area contributed by atoms with Crippen LogP contribution in [0.1, 0.15) is 59.3 Å². The van der Waals surface area contributed by atoms with Gasteiger partial charge in [-0.15, -0.1) is 0 Å². The highest BCUT2D eigenvalue weighted by atomic mass is 127. The minimum absolute atomic E-state index is 0.148. The third-order valence-electron chi connectivity index (χ3n) is 4.65. The van der Waals surface area contributed by atoms with Crippen LogP contribution in [-0.4, -0.2) is 15.6 Å². The molecule has 1 saturated carbocycles. The highest BCUT2D eigenvalue weighted by Crippen LogP contribution is 2.55. The summed E-state index contributed by atoms with van der Waals surface area (Å²) in [5.74, 6) is 0. The van der Waals surface area contributed by atoms with Gasteiger partial charge in [0.15, 0.2) is 0 Å². The fourth-order valence-electron chi connectivity index (χ4n) is 3.33. The summed E-state index contributed by atoms with van der Waals surface area (Å²) in [7, 11) is 0. The lowest BCUT2D eigenvalue weighted by atomic mass is 9.64. The van der Waals surface area contributed by atoms with Crippen molar-refractivity contribution in [3.63, 3.8) is 0 Å². The minimum atomic E-state index is 0.148. The molecule has 2 fully saturated rings. The third kappa shape index (κ3) is 1.97. The second-order valence-corrected chi connectivity index (χ2v) is 7.03. The number of halogens is 1. The van der Waals surface area contributed by atoms with Crippen LogP contribution in [0.4, 0.5) is 0 Å². The standard InChI is InChI=1S/C13H23IO/c1-11(2)6-4-5-7-13(11)9-8-12(3,10-14)15-13/h4-10H2,1-3H3. The summed E-state index contributed by atoms with van der Waals surface area (Å²) in [5, 5.41) is 0. The Morgan fingerprint density at radius 2 is 1.67 bits per heavy atom. The second kappa shape index (κ2) is 3.86. The molecule has 1 saturated heterocycles. The Balaban J connectivity index is 2.20. The van der Waals surface area contributed by atoms with E-state index in [2.05, 4.69) is 43.4 Å². The summed E-state index contributed by atoms with van der Waals surface area (Å²) in [6, 6.07) is 0. The van der Waals surface area contributed by atoms with E-state index in [1.165, 1.54) is 38.5 Å². The molecule has 0 radical (unpaired) electrons. The normalized spacial score (nSPS) is 44.8. The van der Waals surface area contributed by atoms with Crippen LogP contribution < -0.4 is 0 Å². The van der Waals surface area contributed by atoms with Crippen LogP contribution in [0.2, 0.25) is 0 Å². The van der Waals surface area contributed by atoms with E-state index < -0.39 is 0 Å². The fraction of sp³-hybridized carbons (Fsp3) is 1.00. The monoisotopic (exact) mass is 322 g/mol. The van der Waals surface area contributed by atoms with Gasteiger partial charge in [-0.1, -0.05) is 49.3 Å². The molecule has 2 rings (SSSR count). The average molecular weight is 322 g/mol. The number of ether oxygens (including phenoxy) is 1. The fourth-order valence-corrected chi connectivity index (χ4v) is 3.87. The van der Waals surface area contributed by atoms with Crippen LogP contribution in [0.25, 0.3) is 0 Å². The van der Waals surface area contributed by atoms with Crippen LogP contribution >= 0.6 is 22.6 Å². The zero-order valence-corrected chi connectivity index (χ0v) is 12.4. The quantitative estimate of drug-likeness (QED) is 0.516. The third-order valence-corrected chi connectivity index (χ3v) is 6.26. The number of hydrogen-bond donors (Lipinski definition) is 0. The molecule has 1 heterocycles. The molecule has 2 aliphatic rings. The van der Waals surface area contributed by atoms with Gasteiger partial charge in [0.25, 0.3) is 0 Å². The molecule has 0 N–H and O–H groups in total. The molecule has 1 aliphatic carbocycles. The topological polar surface area (TPSA) is 9.23 Å². The zero-order valence-electron chi connectivity index (χ0n) is 10.2. The highest BCUT2D eigenvalue weighted by Gasteiger charge is 2.55. The molecule has 1 spiro atoms. The van der Waals surface area contributed by atoms with Crippen molar-refractivity contribution in [2.24, 2.45) is 5.41 Å². The summed E-state index contributed by atoms with van der Waals surface area (Å²) in [4.78, 5) is 0. The Bertz CT molecular complexity index is 251. The summed E-state index contributed by atoms with van der Waals surface area (Å²) < 4.78 is 7.66. The highest BCUT2D eigenvalue weighted by molar-refractivity contribution is 14.1. The van der Waals surface area contributed by atoms with Crippen LogP contribution in [0.15, 0.2) is 0 Å². The maximum atomic E-state index is 6.53. The summed E-state index contributed by atoms with van der Waals surface area (Å²) >= 11 is 2.47. The molecule has 2 unspecified atom stereocenters. The van der Waals surface area contributed by atoms with Crippen molar-refractivity contribution in [3.05, 3.63) is 0 Å². The van der Waals surface area contributed by atoms with Crippen molar-refractivity contribution >= 4 is 22.6 Å². The molecule has 0 aromatic carbocycles. The lowest BCUT2D eigenvalue weighted by Gasteiger charge is -2.48. The maximum absolute atomic E-state index is 6.53. The first-order chi connectivity index (χ1) is 6.93. The Hall–Kier alpha value is 0.690. The predicted molar refractivity (Wildman–Crippen MR) is 72.6 cm³/mol. The number of hydrogen-bond acceptors (Lipinski definition) is 1. The van der Waals surface area contributed by atoms with Gasteiger partial charge >= 0.3 is 0 Å². The van der Waals surface area contributed by atoms with Crippen molar-refractivity contribution in [3.8, 4) is 0 Å². The molecule has 15 heavy (non-hydrogen) atoms. The Kier molecular flexibility index (Phi) is 3.13. The van der Waals surface area contributed by atoms with Crippen LogP contribution in [0, 0.1) is 5.41 Å². The van der Waals surface area contributed by atoms with Gasteiger partial charge < -0.3 is 4.74 Å². The van der Waals surface area contributed by atoms with E-state index >= 15 is 0 Å². The zero-order chi connectivity index (χ0) is 11.2. The van der Waals surface area contributed by atoms with E-state index in [0.29, 0.717) is 5.41 Å². The molecular formula is C13H23IO. The Morgan fingerprint density at radius 3 is 2.20 bits per heavy atom. The van der Waals surface area contributed by atoms with Gasteiger partial charge in [-0.05, 0) is 38.0 Å². The number of alkyl halides is 1. The van der Waals surface area contributed by atoms with E-state index in [-0.39, 0.29) is 11.2 Å². The van der Waals surface area contributed by atoms with Gasteiger partial charge in [-0.3, -0.25) is 0 Å². The van der Waals surface area contributed by atoms with Gasteiger partial charge in [0.2, 0.25) is 0 Å². The van der Waals surface area contributed by atoms with E-state index in [1.54, 1.807) is 0 Å². The smallest absolute Gasteiger partial charge is 0.0752 e. The van der Waals surface area contributed by atoms with Crippen molar-refractivity contribution < 1.29 is 4.74 Å². The van der Waals surface area contributed by atoms with Gasteiger partial charge in [0, 0.05) is 4.43 Å². The van der Waals surface area contributed by atoms with Gasteiger partial charge in [-0.25, -0.2) is 0 Å². The number of rotatable bonds is 1. The van der Waals surface area contributed by atoms with E-state index in [0.717, 1.165) is 4.43 Å². The lowest BCUT2D eigenvalue weighted by Crippen LogP contribution is -2.48. The largest absolute Gasteiger partial charge is 0.367 e. The van der Waals surface area contributed by atoms with Crippen LogP contribution in [0.3, 0.4) is 0 Å². The molecule has 0 aromatic heterocycles. The molecule has 2 heteroatoms. The summed E-state index contributed by atoms with van der Waals surface area (Å²) in [5.41, 5.74) is 0.731. The maximum Gasteiger partial charge on any atom is 0.0752 e. The lowest BCUT2D eigenvalue weighted by molar-refractivity contribution is -0.161. The van der Waals surface area contributed by atoms with Crippen molar-refractivity contribution in [1.82, 2.24) is 0 Å². The predicted octanol–water partition coefficient (Wildman–Crippen LogP) is 4.33. The van der Waals surface area contributed by atoms with Gasteiger partial charge in [0.05, 0.1) is 11.2 Å². The summed E-state index contributed by atoms with van der Waals surface area (Å²) in [6.45, 7) is 7.11. The van der Waals surface area contributed by atoms with Crippen LogP contribution in [-0.2, 0) is 4.74 Å². The molecule has 0 amide bonds. The van der Waals surface area contributed by atoms with E-state index in [4.69, 9.17) is 4.74 Å². The van der Waals surface area contributed by atoms with Gasteiger partial charge in [-0.2, -0.15) is 0 Å². The molecular weight excluding hydrogens is 299 g/mol. The molecule has 0 bridgehead atoms. The Morgan fingerprint density at radius 1 is 1.00 bits per heavy atom. The molecule has 0 aromatic rings. The SMILES string of the molecule is CC1(CI)CCC2(CCCCC2(C)C)O1. The minimum Gasteiger partial charge on any atom is -0.367 e. The molecule has 1 nitrogen and oxygen atoms in total. The first kappa shape index (κ1) is 12.2. The Labute approximate surface area is 107 Å². The average Bonchev–Trinajstić information content (AvgIpc) is 2.52. The summed E-state index contributed by atoms with van der Waals surface area (Å²) in [6.07, 6.45) is 7.90. The van der Waals surface area contributed by atoms with Crippen molar-refractivity contribution in [2.75, 3.05) is 4.43 Å². The first-order valence-electron chi connectivity index (χ1n) is 6.19.